The third-order valence-corrected chi connectivity index (χ3v) is 6.59. The number of piperidine rings is 1. The van der Waals surface area contributed by atoms with Crippen molar-refractivity contribution in [2.45, 2.75) is 43.0 Å². The Labute approximate surface area is 154 Å². The molecule has 0 radical (unpaired) electrons. The molecule has 1 heterocycles. The van der Waals surface area contributed by atoms with Gasteiger partial charge in [-0.05, 0) is 37.0 Å². The van der Waals surface area contributed by atoms with E-state index in [4.69, 9.17) is 11.6 Å². The van der Waals surface area contributed by atoms with Crippen LogP contribution in [0.15, 0.2) is 60.7 Å². The summed E-state index contributed by atoms with van der Waals surface area (Å²) in [6.45, 7) is 0.729. The zero-order valence-electron chi connectivity index (χ0n) is 14.4. The molecule has 2 fully saturated rings. The van der Waals surface area contributed by atoms with Gasteiger partial charge in [-0.15, -0.1) is 11.6 Å². The van der Waals surface area contributed by atoms with E-state index < -0.39 is 0 Å². The molecule has 0 aromatic heterocycles. The molecule has 25 heavy (non-hydrogen) atoms. The molecule has 1 amide bonds. The molecule has 0 N–H and O–H groups in total. The highest BCUT2D eigenvalue weighted by Gasteiger charge is 2.50. The number of carbonyl (C=O) groups is 1. The van der Waals surface area contributed by atoms with Crippen LogP contribution in [0.25, 0.3) is 0 Å². The zero-order chi connectivity index (χ0) is 17.3. The minimum Gasteiger partial charge on any atom is -0.331 e. The van der Waals surface area contributed by atoms with E-state index in [0.717, 1.165) is 31.4 Å². The van der Waals surface area contributed by atoms with Crippen LogP contribution in [-0.2, 0) is 0 Å². The van der Waals surface area contributed by atoms with Gasteiger partial charge in [0.15, 0.2) is 0 Å². The lowest BCUT2D eigenvalue weighted by atomic mass is 9.68. The number of amides is 1. The molecular weight excluding hydrogens is 330 g/mol. The Balaban J connectivity index is 1.74. The Hall–Kier alpha value is -1.80. The van der Waals surface area contributed by atoms with E-state index in [1.165, 1.54) is 18.4 Å². The molecule has 0 unspecified atom stereocenters. The van der Waals surface area contributed by atoms with Crippen LogP contribution >= 0.6 is 11.6 Å². The maximum Gasteiger partial charge on any atom is 0.254 e. The fourth-order valence-electron chi connectivity index (χ4n) is 4.68. The molecule has 2 nitrogen and oxygen atoms in total. The van der Waals surface area contributed by atoms with Crippen LogP contribution in [0, 0.1) is 5.92 Å². The Morgan fingerprint density at radius 1 is 0.960 bits per heavy atom. The number of benzene rings is 2. The Kier molecular flexibility index (Phi) is 4.56. The van der Waals surface area contributed by atoms with Crippen LogP contribution in [0.1, 0.15) is 54.1 Å². The fraction of sp³-hybridized carbons (Fsp3) is 0.409. The van der Waals surface area contributed by atoms with Gasteiger partial charge in [0.05, 0.1) is 10.9 Å². The number of halogens is 1. The molecule has 0 spiro atoms. The quantitative estimate of drug-likeness (QED) is 0.658. The van der Waals surface area contributed by atoms with Gasteiger partial charge in [-0.1, -0.05) is 61.4 Å². The lowest BCUT2D eigenvalue weighted by Gasteiger charge is -2.52. The van der Waals surface area contributed by atoms with E-state index >= 15 is 0 Å². The molecule has 3 heteroatoms. The largest absolute Gasteiger partial charge is 0.331 e. The maximum atomic E-state index is 13.2. The van der Waals surface area contributed by atoms with Gasteiger partial charge in [-0.2, -0.15) is 0 Å². The van der Waals surface area contributed by atoms with Gasteiger partial charge in [-0.3, -0.25) is 4.79 Å². The number of hydrogen-bond donors (Lipinski definition) is 0. The summed E-state index contributed by atoms with van der Waals surface area (Å²) < 4.78 is 0. The second-order valence-corrected chi connectivity index (χ2v) is 8.11. The van der Waals surface area contributed by atoms with Crippen molar-refractivity contribution in [3.8, 4) is 0 Å². The lowest BCUT2D eigenvalue weighted by molar-refractivity contribution is 0.0279. The summed E-state index contributed by atoms with van der Waals surface area (Å²) in [4.78, 5) is 15.2. The zero-order valence-corrected chi connectivity index (χ0v) is 15.2. The van der Waals surface area contributed by atoms with Crippen molar-refractivity contribution in [3.63, 3.8) is 0 Å². The van der Waals surface area contributed by atoms with Gasteiger partial charge < -0.3 is 4.90 Å². The minimum absolute atomic E-state index is 0.0699. The van der Waals surface area contributed by atoms with Crippen LogP contribution in [0.3, 0.4) is 0 Å². The molecule has 1 saturated heterocycles. The van der Waals surface area contributed by atoms with Gasteiger partial charge in [0.2, 0.25) is 0 Å². The smallest absolute Gasteiger partial charge is 0.254 e. The summed E-state index contributed by atoms with van der Waals surface area (Å²) in [5, 5.41) is 0. The number of nitrogens with zero attached hydrogens (tertiary/aromatic N) is 1. The number of carbonyl (C=O) groups excluding carboxylic acids is 1. The van der Waals surface area contributed by atoms with E-state index in [1.807, 2.05) is 36.4 Å². The molecule has 2 aromatic carbocycles. The molecule has 1 aliphatic carbocycles. The highest BCUT2D eigenvalue weighted by Crippen LogP contribution is 2.52. The van der Waals surface area contributed by atoms with E-state index in [2.05, 4.69) is 29.2 Å². The SMILES string of the molecule is O=C(c1ccccc1)N1CC[C@]2(Cl)CCCC[C@H]2[C@H]1c1ccccc1. The summed E-state index contributed by atoms with van der Waals surface area (Å²) in [7, 11) is 0. The third kappa shape index (κ3) is 3.08. The first kappa shape index (κ1) is 16.7. The minimum atomic E-state index is -0.160. The second-order valence-electron chi connectivity index (χ2n) is 7.36. The number of alkyl halides is 1. The van der Waals surface area contributed by atoms with Crippen LogP contribution in [0.2, 0.25) is 0 Å². The topological polar surface area (TPSA) is 20.3 Å². The van der Waals surface area contributed by atoms with Crippen LogP contribution < -0.4 is 0 Å². The summed E-state index contributed by atoms with van der Waals surface area (Å²) >= 11 is 7.10. The number of likely N-dealkylation sites (tertiary alicyclic amines) is 1. The first-order chi connectivity index (χ1) is 12.2. The van der Waals surface area contributed by atoms with Crippen molar-refractivity contribution in [3.05, 3.63) is 71.8 Å². The maximum absolute atomic E-state index is 13.2. The van der Waals surface area contributed by atoms with Crippen LogP contribution in [-0.4, -0.2) is 22.2 Å². The van der Waals surface area contributed by atoms with E-state index in [-0.39, 0.29) is 16.8 Å². The molecule has 2 aliphatic rings. The highest BCUT2D eigenvalue weighted by atomic mass is 35.5. The van der Waals surface area contributed by atoms with Crippen molar-refractivity contribution in [1.29, 1.82) is 0 Å². The monoisotopic (exact) mass is 353 g/mol. The van der Waals surface area contributed by atoms with E-state index in [0.29, 0.717) is 5.92 Å². The average Bonchev–Trinajstić information content (AvgIpc) is 2.67. The van der Waals surface area contributed by atoms with Crippen molar-refractivity contribution < 1.29 is 4.79 Å². The predicted molar refractivity (Wildman–Crippen MR) is 102 cm³/mol. The van der Waals surface area contributed by atoms with Crippen molar-refractivity contribution in [1.82, 2.24) is 4.90 Å². The molecular formula is C22H24ClNO. The van der Waals surface area contributed by atoms with Gasteiger partial charge in [0, 0.05) is 18.0 Å². The summed E-state index contributed by atoms with van der Waals surface area (Å²) in [6, 6.07) is 20.2. The third-order valence-electron chi connectivity index (χ3n) is 5.93. The summed E-state index contributed by atoms with van der Waals surface area (Å²) in [5.74, 6) is 0.450. The van der Waals surface area contributed by atoms with Gasteiger partial charge in [0.1, 0.15) is 0 Å². The summed E-state index contributed by atoms with van der Waals surface area (Å²) in [5.41, 5.74) is 1.98. The normalized spacial score (nSPS) is 29.1. The fourth-order valence-corrected chi connectivity index (χ4v) is 5.12. The highest BCUT2D eigenvalue weighted by molar-refractivity contribution is 6.24. The van der Waals surface area contributed by atoms with Crippen LogP contribution in [0.5, 0.6) is 0 Å². The molecule has 4 rings (SSSR count). The first-order valence-electron chi connectivity index (χ1n) is 9.29. The Bertz CT molecular complexity index is 732. The average molecular weight is 354 g/mol. The van der Waals surface area contributed by atoms with Gasteiger partial charge >= 0.3 is 0 Å². The first-order valence-corrected chi connectivity index (χ1v) is 9.67. The predicted octanol–water partition coefficient (Wildman–Crippen LogP) is 5.44. The second kappa shape index (κ2) is 6.84. The molecule has 2 aromatic rings. The lowest BCUT2D eigenvalue weighted by Crippen LogP contribution is -2.53. The van der Waals surface area contributed by atoms with Crippen LogP contribution in [0.4, 0.5) is 0 Å². The van der Waals surface area contributed by atoms with E-state index in [9.17, 15) is 4.79 Å². The van der Waals surface area contributed by atoms with E-state index in [1.54, 1.807) is 0 Å². The molecule has 3 atom stereocenters. The standard InChI is InChI=1S/C22H24ClNO/c23-22-14-8-7-13-19(22)20(17-9-3-1-4-10-17)24(16-15-22)21(25)18-11-5-2-6-12-18/h1-6,9-12,19-20H,7-8,13-16H2/t19-,20+,22+/m0/s1. The van der Waals surface area contributed by atoms with Crippen molar-refractivity contribution in [2.24, 2.45) is 5.92 Å². The Morgan fingerprint density at radius 3 is 2.36 bits per heavy atom. The molecule has 130 valence electrons. The van der Waals surface area contributed by atoms with Crippen molar-refractivity contribution >= 4 is 17.5 Å². The molecule has 1 aliphatic heterocycles. The number of rotatable bonds is 2. The van der Waals surface area contributed by atoms with Gasteiger partial charge in [0.25, 0.3) is 5.91 Å². The summed E-state index contributed by atoms with van der Waals surface area (Å²) in [6.07, 6.45) is 5.46. The number of fused-ring (bicyclic) bond motifs is 1. The van der Waals surface area contributed by atoms with Crippen molar-refractivity contribution in [2.75, 3.05) is 6.54 Å². The Morgan fingerprint density at radius 2 is 1.64 bits per heavy atom. The molecule has 0 bridgehead atoms. The molecule has 1 saturated carbocycles. The van der Waals surface area contributed by atoms with Gasteiger partial charge in [-0.25, -0.2) is 0 Å². The number of hydrogen-bond acceptors (Lipinski definition) is 1.